The number of halogens is 3. The average Bonchev–Trinajstić information content (AvgIpc) is 2.72. The van der Waals surface area contributed by atoms with Gasteiger partial charge in [0.25, 0.3) is 0 Å². The minimum Gasteiger partial charge on any atom is -0.476 e. The second-order valence-corrected chi connectivity index (χ2v) is 6.69. The van der Waals surface area contributed by atoms with Gasteiger partial charge in [-0.3, -0.25) is 0 Å². The number of nitrogens with zero attached hydrogens (tertiary/aromatic N) is 3. The molecule has 0 aliphatic carbocycles. The molecule has 0 radical (unpaired) electrons. The molecule has 1 aromatic carbocycles. The van der Waals surface area contributed by atoms with Gasteiger partial charge in [0.15, 0.2) is 5.69 Å². The van der Waals surface area contributed by atoms with E-state index in [2.05, 4.69) is 58.1 Å². The number of aromatic carboxylic acids is 1. The van der Waals surface area contributed by atoms with E-state index < -0.39 is 5.97 Å². The highest BCUT2D eigenvalue weighted by Crippen LogP contribution is 2.33. The standard InChI is InChI=1S/C12H10Br3N3O2/c1-2-3-9-10(12(19)20)16-17-18(9)11-7(14)4-6(13)5-8(11)15/h4-5H,2-3H2,1H3,(H,19,20). The minimum absolute atomic E-state index is 0.00595. The summed E-state index contributed by atoms with van der Waals surface area (Å²) in [5, 5.41) is 17.0. The molecule has 0 atom stereocenters. The van der Waals surface area contributed by atoms with Crippen molar-refractivity contribution in [3.8, 4) is 5.69 Å². The summed E-state index contributed by atoms with van der Waals surface area (Å²) in [7, 11) is 0. The third-order valence-corrected chi connectivity index (χ3v) is 4.31. The number of aromatic nitrogens is 3. The van der Waals surface area contributed by atoms with Crippen molar-refractivity contribution >= 4 is 53.8 Å². The summed E-state index contributed by atoms with van der Waals surface area (Å²) in [6, 6.07) is 3.75. The Bertz CT molecular complexity index is 647. The summed E-state index contributed by atoms with van der Waals surface area (Å²) in [6.45, 7) is 1.98. The number of carbonyl (C=O) groups is 1. The lowest BCUT2D eigenvalue weighted by atomic mass is 10.2. The van der Waals surface area contributed by atoms with Gasteiger partial charge in [-0.2, -0.15) is 0 Å². The maximum absolute atomic E-state index is 11.2. The first-order chi connectivity index (χ1) is 9.45. The van der Waals surface area contributed by atoms with E-state index in [0.29, 0.717) is 12.1 Å². The van der Waals surface area contributed by atoms with Gasteiger partial charge in [-0.05, 0) is 50.4 Å². The van der Waals surface area contributed by atoms with Crippen molar-refractivity contribution in [1.82, 2.24) is 15.0 Å². The van der Waals surface area contributed by atoms with Crippen molar-refractivity contribution in [2.45, 2.75) is 19.8 Å². The van der Waals surface area contributed by atoms with Gasteiger partial charge in [0.2, 0.25) is 0 Å². The van der Waals surface area contributed by atoms with Crippen molar-refractivity contribution in [3.05, 3.63) is 36.9 Å². The highest BCUT2D eigenvalue weighted by molar-refractivity contribution is 9.11. The molecule has 0 aliphatic heterocycles. The number of benzene rings is 1. The maximum Gasteiger partial charge on any atom is 0.358 e. The number of hydrogen-bond donors (Lipinski definition) is 1. The molecule has 8 heteroatoms. The van der Waals surface area contributed by atoms with Crippen molar-refractivity contribution in [2.24, 2.45) is 0 Å². The fraction of sp³-hybridized carbons (Fsp3) is 0.250. The molecule has 106 valence electrons. The summed E-state index contributed by atoms with van der Waals surface area (Å²) < 4.78 is 4.04. The van der Waals surface area contributed by atoms with E-state index in [1.807, 2.05) is 19.1 Å². The number of carboxylic acids is 1. The Kier molecular flexibility index (Phi) is 4.98. The molecule has 5 nitrogen and oxygen atoms in total. The zero-order valence-electron chi connectivity index (χ0n) is 10.4. The molecule has 1 aromatic heterocycles. The van der Waals surface area contributed by atoms with Gasteiger partial charge in [-0.15, -0.1) is 5.10 Å². The summed E-state index contributed by atoms with van der Waals surface area (Å²) in [5.74, 6) is -1.07. The molecule has 0 fully saturated rings. The van der Waals surface area contributed by atoms with Crippen LogP contribution in [0.5, 0.6) is 0 Å². The van der Waals surface area contributed by atoms with Gasteiger partial charge in [0, 0.05) is 13.4 Å². The lowest BCUT2D eigenvalue weighted by Crippen LogP contribution is -2.08. The molecule has 0 bridgehead atoms. The first-order valence-corrected chi connectivity index (χ1v) is 8.16. The topological polar surface area (TPSA) is 68.0 Å². The Morgan fingerprint density at radius 2 is 1.90 bits per heavy atom. The Morgan fingerprint density at radius 3 is 2.40 bits per heavy atom. The highest BCUT2D eigenvalue weighted by atomic mass is 79.9. The molecule has 1 heterocycles. The van der Waals surface area contributed by atoms with E-state index in [1.54, 1.807) is 4.68 Å². The van der Waals surface area contributed by atoms with Crippen LogP contribution in [0.3, 0.4) is 0 Å². The molecule has 2 rings (SSSR count). The number of carboxylic acid groups (broad SMARTS) is 1. The van der Waals surface area contributed by atoms with Crippen LogP contribution >= 0.6 is 47.8 Å². The van der Waals surface area contributed by atoms with Gasteiger partial charge in [-0.25, -0.2) is 9.48 Å². The number of hydrogen-bond acceptors (Lipinski definition) is 3. The summed E-state index contributed by atoms with van der Waals surface area (Å²) in [6.07, 6.45) is 1.39. The van der Waals surface area contributed by atoms with Crippen LogP contribution in [0.2, 0.25) is 0 Å². The van der Waals surface area contributed by atoms with Crippen molar-refractivity contribution < 1.29 is 9.90 Å². The van der Waals surface area contributed by atoms with E-state index in [4.69, 9.17) is 0 Å². The third-order valence-electron chi connectivity index (χ3n) is 2.65. The minimum atomic E-state index is -1.07. The molecule has 0 aliphatic rings. The number of rotatable bonds is 4. The van der Waals surface area contributed by atoms with Gasteiger partial charge in [-0.1, -0.05) is 34.5 Å². The predicted molar refractivity (Wildman–Crippen MR) is 85.4 cm³/mol. The third kappa shape index (κ3) is 2.96. The van der Waals surface area contributed by atoms with Gasteiger partial charge in [0.1, 0.15) is 0 Å². The van der Waals surface area contributed by atoms with E-state index in [1.165, 1.54) is 0 Å². The van der Waals surface area contributed by atoms with Crippen molar-refractivity contribution in [2.75, 3.05) is 0 Å². The van der Waals surface area contributed by atoms with E-state index in [9.17, 15) is 9.90 Å². The predicted octanol–water partition coefficient (Wildman–Crippen LogP) is 4.21. The maximum atomic E-state index is 11.2. The second-order valence-electron chi connectivity index (χ2n) is 4.07. The normalized spacial score (nSPS) is 10.8. The van der Waals surface area contributed by atoms with Crippen molar-refractivity contribution in [1.29, 1.82) is 0 Å². The molecule has 2 aromatic rings. The highest BCUT2D eigenvalue weighted by Gasteiger charge is 2.21. The Balaban J connectivity index is 2.67. The largest absolute Gasteiger partial charge is 0.476 e. The molecule has 0 amide bonds. The molecule has 20 heavy (non-hydrogen) atoms. The zero-order valence-corrected chi connectivity index (χ0v) is 15.2. The van der Waals surface area contributed by atoms with Gasteiger partial charge >= 0.3 is 5.97 Å². The molecule has 0 saturated heterocycles. The summed E-state index contributed by atoms with van der Waals surface area (Å²) >= 11 is 10.3. The monoisotopic (exact) mass is 465 g/mol. The Morgan fingerprint density at radius 1 is 1.30 bits per heavy atom. The van der Waals surface area contributed by atoms with E-state index in [0.717, 1.165) is 25.5 Å². The van der Waals surface area contributed by atoms with Crippen LogP contribution in [-0.4, -0.2) is 26.1 Å². The average molecular weight is 468 g/mol. The van der Waals surface area contributed by atoms with Crippen LogP contribution in [0.1, 0.15) is 29.5 Å². The molecule has 0 spiro atoms. The quantitative estimate of drug-likeness (QED) is 0.731. The molecular weight excluding hydrogens is 458 g/mol. The SMILES string of the molecule is CCCc1c(C(=O)O)nnn1-c1c(Br)cc(Br)cc1Br. The molecule has 1 N–H and O–H groups in total. The van der Waals surface area contributed by atoms with Crippen LogP contribution in [-0.2, 0) is 6.42 Å². The van der Waals surface area contributed by atoms with Crippen LogP contribution in [0, 0.1) is 0 Å². The first-order valence-electron chi connectivity index (χ1n) is 5.78. The van der Waals surface area contributed by atoms with Crippen LogP contribution in [0.4, 0.5) is 0 Å². The Hall–Kier alpha value is -0.730. The van der Waals surface area contributed by atoms with Crippen molar-refractivity contribution in [3.63, 3.8) is 0 Å². The van der Waals surface area contributed by atoms with Crippen LogP contribution in [0.15, 0.2) is 25.6 Å². The molecule has 0 unspecified atom stereocenters. The molecule has 0 saturated carbocycles. The van der Waals surface area contributed by atoms with Crippen LogP contribution in [0.25, 0.3) is 5.69 Å². The van der Waals surface area contributed by atoms with Crippen LogP contribution < -0.4 is 0 Å². The van der Waals surface area contributed by atoms with Gasteiger partial charge < -0.3 is 5.11 Å². The van der Waals surface area contributed by atoms with E-state index >= 15 is 0 Å². The van der Waals surface area contributed by atoms with Gasteiger partial charge in [0.05, 0.1) is 11.4 Å². The smallest absolute Gasteiger partial charge is 0.358 e. The summed E-state index contributed by atoms with van der Waals surface area (Å²) in [4.78, 5) is 11.2. The first kappa shape index (κ1) is 15.7. The zero-order chi connectivity index (χ0) is 14.9. The lowest BCUT2D eigenvalue weighted by molar-refractivity contribution is 0.0689. The van der Waals surface area contributed by atoms with E-state index in [-0.39, 0.29) is 5.69 Å². The molecular formula is C12H10Br3N3O2. The summed E-state index contributed by atoms with van der Waals surface area (Å²) in [5.41, 5.74) is 1.31. The fourth-order valence-corrected chi connectivity index (χ4v) is 4.44. The fourth-order valence-electron chi connectivity index (χ4n) is 1.85. The second kappa shape index (κ2) is 6.36. The Labute approximate surface area is 140 Å². The lowest BCUT2D eigenvalue weighted by Gasteiger charge is -2.11.